The molecule has 0 atom stereocenters. The fraction of sp³-hybridized carbons (Fsp3) is 0.286. The summed E-state index contributed by atoms with van der Waals surface area (Å²) in [6.07, 6.45) is 1.36. The van der Waals surface area contributed by atoms with E-state index >= 15 is 0 Å². The summed E-state index contributed by atoms with van der Waals surface area (Å²) < 4.78 is 28.4. The minimum absolute atomic E-state index is 0.135. The van der Waals surface area contributed by atoms with Gasteiger partial charge in [-0.3, -0.25) is 4.79 Å². The lowest BCUT2D eigenvalue weighted by Crippen LogP contribution is -2.33. The fourth-order valence-electron chi connectivity index (χ4n) is 1.85. The van der Waals surface area contributed by atoms with E-state index in [0.717, 1.165) is 16.8 Å². The Bertz CT molecular complexity index is 621. The number of nitrogens with one attached hydrogen (secondary N) is 1. The van der Waals surface area contributed by atoms with Gasteiger partial charge in [0.2, 0.25) is 0 Å². The number of nitrogens with zero attached hydrogens (tertiary/aromatic N) is 3. The number of hydrogen-bond donors (Lipinski definition) is 1. The van der Waals surface area contributed by atoms with E-state index in [9.17, 15) is 13.6 Å². The Labute approximate surface area is 121 Å². The first-order valence-electron chi connectivity index (χ1n) is 6.44. The molecule has 0 aliphatic heterocycles. The third-order valence-electron chi connectivity index (χ3n) is 3.02. The first-order chi connectivity index (χ1) is 10.0. The lowest BCUT2D eigenvalue weighted by molar-refractivity contribution is 0.0790. The number of benzene rings is 1. The normalized spacial score (nSPS) is 10.7. The van der Waals surface area contributed by atoms with Crippen molar-refractivity contribution in [2.45, 2.75) is 0 Å². The molecule has 1 amide bonds. The number of carbonyl (C=O) groups is 1. The minimum atomic E-state index is -0.736. The molecule has 1 heterocycles. The van der Waals surface area contributed by atoms with Gasteiger partial charge in [0, 0.05) is 26.3 Å². The maximum atomic E-state index is 13.7. The molecule has 2 rings (SSSR count). The van der Waals surface area contributed by atoms with Crippen LogP contribution in [0.4, 0.5) is 8.78 Å². The second kappa shape index (κ2) is 6.45. The van der Waals surface area contributed by atoms with Gasteiger partial charge in [-0.05, 0) is 25.2 Å². The number of amides is 1. The predicted molar refractivity (Wildman–Crippen MR) is 74.4 cm³/mol. The van der Waals surface area contributed by atoms with E-state index in [4.69, 9.17) is 0 Å². The van der Waals surface area contributed by atoms with Crippen molar-refractivity contribution in [1.82, 2.24) is 20.0 Å². The van der Waals surface area contributed by atoms with Crippen LogP contribution in [-0.4, -0.2) is 47.8 Å². The predicted octanol–water partition coefficient (Wildman–Crippen LogP) is 1.44. The molecule has 21 heavy (non-hydrogen) atoms. The summed E-state index contributed by atoms with van der Waals surface area (Å²) in [6.45, 7) is 1.15. The van der Waals surface area contributed by atoms with Gasteiger partial charge in [-0.1, -0.05) is 6.07 Å². The highest BCUT2D eigenvalue weighted by Crippen LogP contribution is 2.17. The van der Waals surface area contributed by atoms with Gasteiger partial charge in [0.1, 0.15) is 5.69 Å². The molecule has 5 nitrogen and oxygen atoms in total. The molecule has 0 fully saturated rings. The van der Waals surface area contributed by atoms with E-state index in [2.05, 4.69) is 10.4 Å². The van der Waals surface area contributed by atoms with Crippen LogP contribution in [0.5, 0.6) is 0 Å². The number of para-hydroxylation sites is 1. The topological polar surface area (TPSA) is 50.2 Å². The van der Waals surface area contributed by atoms with Crippen molar-refractivity contribution < 1.29 is 13.6 Å². The van der Waals surface area contributed by atoms with Gasteiger partial charge in [0.15, 0.2) is 17.3 Å². The van der Waals surface area contributed by atoms with E-state index in [1.54, 1.807) is 14.1 Å². The molecule has 1 aromatic heterocycles. The zero-order valence-electron chi connectivity index (χ0n) is 11.8. The van der Waals surface area contributed by atoms with Crippen LogP contribution in [0.15, 0.2) is 30.5 Å². The lowest BCUT2D eigenvalue weighted by Gasteiger charge is -2.15. The summed E-state index contributed by atoms with van der Waals surface area (Å²) >= 11 is 0. The first-order valence-corrected chi connectivity index (χ1v) is 6.44. The smallest absolute Gasteiger partial charge is 0.274 e. The van der Waals surface area contributed by atoms with Crippen molar-refractivity contribution in [3.05, 3.63) is 47.8 Å². The van der Waals surface area contributed by atoms with E-state index in [-0.39, 0.29) is 17.3 Å². The monoisotopic (exact) mass is 294 g/mol. The largest absolute Gasteiger partial charge is 0.339 e. The molecule has 7 heteroatoms. The lowest BCUT2D eigenvalue weighted by atomic mass is 10.3. The average molecular weight is 294 g/mol. The number of rotatable bonds is 5. The third-order valence-corrected chi connectivity index (χ3v) is 3.02. The van der Waals surface area contributed by atoms with Gasteiger partial charge >= 0.3 is 0 Å². The fourth-order valence-corrected chi connectivity index (χ4v) is 1.85. The summed E-state index contributed by atoms with van der Waals surface area (Å²) in [5.41, 5.74) is -0.161. The van der Waals surface area contributed by atoms with E-state index in [1.165, 1.54) is 23.2 Å². The maximum absolute atomic E-state index is 13.7. The quantitative estimate of drug-likeness (QED) is 0.908. The highest BCUT2D eigenvalue weighted by molar-refractivity contribution is 5.92. The zero-order valence-corrected chi connectivity index (χ0v) is 11.8. The van der Waals surface area contributed by atoms with Gasteiger partial charge in [-0.15, -0.1) is 0 Å². The van der Waals surface area contributed by atoms with Crippen molar-refractivity contribution >= 4 is 5.91 Å². The van der Waals surface area contributed by atoms with Crippen LogP contribution in [0, 0.1) is 11.6 Å². The first kappa shape index (κ1) is 15.1. The van der Waals surface area contributed by atoms with Crippen molar-refractivity contribution in [2.75, 3.05) is 27.2 Å². The van der Waals surface area contributed by atoms with Crippen molar-refractivity contribution in [3.8, 4) is 5.69 Å². The second-order valence-corrected chi connectivity index (χ2v) is 4.55. The molecule has 1 N–H and O–H groups in total. The van der Waals surface area contributed by atoms with Gasteiger partial charge in [0.25, 0.3) is 5.91 Å². The molecule has 1 aromatic carbocycles. The SMILES string of the molecule is CNCCN(C)C(=O)c1ccn(-c2c(F)cccc2F)n1. The molecular formula is C14H16F2N4O. The summed E-state index contributed by atoms with van der Waals surface area (Å²) in [5.74, 6) is -1.78. The maximum Gasteiger partial charge on any atom is 0.274 e. The molecular weight excluding hydrogens is 278 g/mol. The number of likely N-dealkylation sites (N-methyl/N-ethyl adjacent to an activating group) is 2. The minimum Gasteiger partial charge on any atom is -0.339 e. The standard InChI is InChI=1S/C14H16F2N4O/c1-17-7-9-19(2)14(21)12-6-8-20(18-12)13-10(15)4-3-5-11(13)16/h3-6,8,17H,7,9H2,1-2H3. The van der Waals surface area contributed by atoms with Crippen molar-refractivity contribution in [3.63, 3.8) is 0 Å². The number of aromatic nitrogens is 2. The molecule has 0 radical (unpaired) electrons. The zero-order chi connectivity index (χ0) is 15.4. The Hall–Kier alpha value is -2.28. The molecule has 0 aliphatic rings. The molecule has 0 bridgehead atoms. The Balaban J connectivity index is 2.24. The molecule has 0 unspecified atom stereocenters. The second-order valence-electron chi connectivity index (χ2n) is 4.55. The Morgan fingerprint density at radius 2 is 2.00 bits per heavy atom. The molecule has 0 saturated heterocycles. The van der Waals surface area contributed by atoms with Gasteiger partial charge in [-0.2, -0.15) is 5.10 Å². The van der Waals surface area contributed by atoms with Gasteiger partial charge < -0.3 is 10.2 Å². The van der Waals surface area contributed by atoms with Gasteiger partial charge in [0.05, 0.1) is 0 Å². The summed E-state index contributed by atoms with van der Waals surface area (Å²) in [6, 6.07) is 4.99. The van der Waals surface area contributed by atoms with Crippen molar-refractivity contribution in [2.24, 2.45) is 0 Å². The van der Waals surface area contributed by atoms with E-state index in [1.807, 2.05) is 0 Å². The highest BCUT2D eigenvalue weighted by atomic mass is 19.1. The van der Waals surface area contributed by atoms with Crippen LogP contribution in [0.3, 0.4) is 0 Å². The average Bonchev–Trinajstić information content (AvgIpc) is 2.93. The molecule has 0 saturated carbocycles. The number of hydrogen-bond acceptors (Lipinski definition) is 3. The van der Waals surface area contributed by atoms with Gasteiger partial charge in [-0.25, -0.2) is 13.5 Å². The molecule has 0 spiro atoms. The Morgan fingerprint density at radius 1 is 1.33 bits per heavy atom. The van der Waals surface area contributed by atoms with Crippen LogP contribution in [0.1, 0.15) is 10.5 Å². The Morgan fingerprint density at radius 3 is 2.62 bits per heavy atom. The highest BCUT2D eigenvalue weighted by Gasteiger charge is 2.17. The van der Waals surface area contributed by atoms with Crippen molar-refractivity contribution in [1.29, 1.82) is 0 Å². The summed E-state index contributed by atoms with van der Waals surface area (Å²) in [5, 5.41) is 6.89. The summed E-state index contributed by atoms with van der Waals surface area (Å²) in [7, 11) is 3.43. The third kappa shape index (κ3) is 3.25. The van der Waals surface area contributed by atoms with Crippen LogP contribution >= 0.6 is 0 Å². The molecule has 112 valence electrons. The number of halogens is 2. The van der Waals surface area contributed by atoms with E-state index < -0.39 is 11.6 Å². The molecule has 0 aliphatic carbocycles. The van der Waals surface area contributed by atoms with E-state index in [0.29, 0.717) is 13.1 Å². The number of carbonyl (C=O) groups excluding carboxylic acids is 1. The van der Waals surface area contributed by atoms with Crippen LogP contribution < -0.4 is 5.32 Å². The molecule has 2 aromatic rings. The Kier molecular flexibility index (Phi) is 4.64. The van der Waals surface area contributed by atoms with Crippen LogP contribution in [0.25, 0.3) is 5.69 Å². The summed E-state index contributed by atoms with van der Waals surface area (Å²) in [4.78, 5) is 13.6. The van der Waals surface area contributed by atoms with Crippen LogP contribution in [-0.2, 0) is 0 Å². The van der Waals surface area contributed by atoms with Crippen LogP contribution in [0.2, 0.25) is 0 Å².